The van der Waals surface area contributed by atoms with E-state index in [2.05, 4.69) is 20.6 Å². The highest BCUT2D eigenvalue weighted by atomic mass is 19.4. The van der Waals surface area contributed by atoms with Gasteiger partial charge in [-0.1, -0.05) is 91.3 Å². The Labute approximate surface area is 301 Å². The molecule has 0 radical (unpaired) electrons. The lowest BCUT2D eigenvalue weighted by atomic mass is 9.73. The number of Topliss-reactive ketones (excluding diaryl/α,β-unsaturated/α-hetero) is 1. The van der Waals surface area contributed by atoms with Crippen LogP contribution in [-0.4, -0.2) is 40.4 Å². The molecule has 53 heavy (non-hydrogen) atoms. The first-order chi connectivity index (χ1) is 25.3. The third kappa shape index (κ3) is 7.46. The number of carbonyl (C=O) groups excluding carboxylic acids is 2. The van der Waals surface area contributed by atoms with Crippen LogP contribution in [0.25, 0.3) is 22.3 Å². The van der Waals surface area contributed by atoms with Gasteiger partial charge in [-0.3, -0.25) is 9.59 Å². The Kier molecular flexibility index (Phi) is 9.67. The third-order valence-electron chi connectivity index (χ3n) is 10.0. The summed E-state index contributed by atoms with van der Waals surface area (Å²) in [6.45, 7) is -1.41. The molecule has 2 heterocycles. The number of aryl methyl sites for hydroxylation is 1. The number of unbranched alkanes of at least 4 members (excludes halogenated alkanes) is 1. The van der Waals surface area contributed by atoms with Crippen molar-refractivity contribution in [3.63, 3.8) is 0 Å². The lowest BCUT2D eigenvalue weighted by molar-refractivity contribution is -0.141. The zero-order valence-electron chi connectivity index (χ0n) is 28.3. The van der Waals surface area contributed by atoms with E-state index in [-0.39, 0.29) is 24.3 Å². The van der Waals surface area contributed by atoms with Crippen LogP contribution in [0, 0.1) is 0 Å². The zero-order valence-corrected chi connectivity index (χ0v) is 28.3. The van der Waals surface area contributed by atoms with Crippen molar-refractivity contribution >= 4 is 11.7 Å². The Balaban J connectivity index is 0.972. The van der Waals surface area contributed by atoms with Crippen molar-refractivity contribution < 1.29 is 35.9 Å². The number of rotatable bonds is 12. The molecule has 0 bridgehead atoms. The van der Waals surface area contributed by atoms with Crippen molar-refractivity contribution in [1.82, 2.24) is 20.6 Å². The fourth-order valence-electron chi connectivity index (χ4n) is 7.39. The first-order valence-electron chi connectivity index (χ1n) is 17.3. The van der Waals surface area contributed by atoms with Gasteiger partial charge in [0.1, 0.15) is 17.8 Å². The number of alkyl halides is 6. The quantitative estimate of drug-likeness (QED) is 0.0580. The molecule has 2 unspecified atom stereocenters. The Morgan fingerprint density at radius 3 is 1.92 bits per heavy atom. The lowest BCUT2D eigenvalue weighted by Crippen LogP contribution is -2.47. The van der Waals surface area contributed by atoms with E-state index < -0.39 is 35.8 Å². The van der Waals surface area contributed by atoms with E-state index in [1.807, 2.05) is 36.4 Å². The smallest absolute Gasteiger partial charge is 0.346 e. The molecule has 1 aliphatic heterocycles. The monoisotopic (exact) mass is 728 g/mol. The molecule has 0 spiro atoms. The minimum atomic E-state index is -4.55. The Morgan fingerprint density at radius 1 is 0.736 bits per heavy atom. The van der Waals surface area contributed by atoms with Gasteiger partial charge >= 0.3 is 12.4 Å². The van der Waals surface area contributed by atoms with Crippen molar-refractivity contribution in [2.75, 3.05) is 6.54 Å². The fraction of sp³-hybridized carbons (Fsp3) is 0.268. The number of benzene rings is 4. The first-order valence-corrected chi connectivity index (χ1v) is 17.3. The van der Waals surface area contributed by atoms with Gasteiger partial charge in [0.05, 0.1) is 11.6 Å². The van der Waals surface area contributed by atoms with Crippen LogP contribution in [0.4, 0.5) is 26.3 Å². The van der Waals surface area contributed by atoms with Crippen molar-refractivity contribution in [1.29, 1.82) is 0 Å². The summed E-state index contributed by atoms with van der Waals surface area (Å²) < 4.78 is 78.7. The number of nitrogens with zero attached hydrogens (tertiary/aromatic N) is 2. The van der Waals surface area contributed by atoms with E-state index >= 15 is 0 Å². The number of fused-ring (bicyclic) bond motifs is 3. The van der Waals surface area contributed by atoms with Gasteiger partial charge in [-0.05, 0) is 70.3 Å². The van der Waals surface area contributed by atoms with E-state index in [1.165, 1.54) is 12.1 Å². The average molecular weight is 729 g/mol. The second kappa shape index (κ2) is 14.2. The third-order valence-corrected chi connectivity index (χ3v) is 10.0. The summed E-state index contributed by atoms with van der Waals surface area (Å²) in [5, 5.41) is 5.41. The van der Waals surface area contributed by atoms with Gasteiger partial charge in [-0.25, -0.2) is 9.97 Å². The summed E-state index contributed by atoms with van der Waals surface area (Å²) in [5.74, 6) is -0.301. The maximum Gasteiger partial charge on any atom is 0.416 e. The summed E-state index contributed by atoms with van der Waals surface area (Å²) in [5.41, 5.74) is 3.39. The normalized spacial score (nSPS) is 17.2. The molecule has 6 nitrogen and oxygen atoms in total. The predicted octanol–water partition coefficient (Wildman–Crippen LogP) is 8.81. The van der Waals surface area contributed by atoms with Crippen molar-refractivity contribution in [2.24, 2.45) is 0 Å². The molecule has 1 fully saturated rings. The van der Waals surface area contributed by atoms with Crippen molar-refractivity contribution in [3.8, 4) is 22.3 Å². The largest absolute Gasteiger partial charge is 0.416 e. The van der Waals surface area contributed by atoms with Gasteiger partial charge < -0.3 is 10.6 Å². The number of nitrogens with one attached hydrogen (secondary N) is 2. The molecule has 2 atom stereocenters. The number of ketones is 1. The Morgan fingerprint density at radius 2 is 1.32 bits per heavy atom. The van der Waals surface area contributed by atoms with Crippen LogP contribution in [0.15, 0.2) is 109 Å². The van der Waals surface area contributed by atoms with Gasteiger partial charge in [-0.2, -0.15) is 26.3 Å². The zero-order chi connectivity index (χ0) is 37.4. The highest BCUT2D eigenvalue weighted by Gasteiger charge is 2.49. The summed E-state index contributed by atoms with van der Waals surface area (Å²) in [6, 6.07) is 25.9. The fourth-order valence-corrected chi connectivity index (χ4v) is 7.39. The summed E-state index contributed by atoms with van der Waals surface area (Å²) >= 11 is 0. The minimum absolute atomic E-state index is 0.151. The molecule has 1 amide bonds. The minimum Gasteiger partial charge on any atom is -0.346 e. The maximum absolute atomic E-state index is 13.7. The molecule has 1 aliphatic carbocycles. The van der Waals surface area contributed by atoms with E-state index in [4.69, 9.17) is 0 Å². The molecule has 7 rings (SSSR count). The SMILES string of the molecule is O=C(CC1NC1c1ncc(CCCCC2(C(=O)NCC(F)(F)F)c3ccccc3-c3ccccc32)cn1)c1ccccc1-c1ccc(C(F)(F)F)cc1. The Hall–Kier alpha value is -5.36. The van der Waals surface area contributed by atoms with Crippen LogP contribution in [0.1, 0.15) is 70.2 Å². The number of hydrogen-bond donors (Lipinski definition) is 2. The van der Waals surface area contributed by atoms with Crippen LogP contribution in [0.3, 0.4) is 0 Å². The molecule has 1 saturated heterocycles. The molecule has 12 heteroatoms. The summed E-state index contributed by atoms with van der Waals surface area (Å²) in [4.78, 5) is 36.1. The van der Waals surface area contributed by atoms with E-state index in [9.17, 15) is 35.9 Å². The standard InChI is InChI=1S/C41H34F6N4O2/c42-40(43,44)24-50-38(53)39(32-14-5-3-11-29(32)30-12-4-6-15-33(30)39)20-8-7-9-25-22-48-37(49-23-25)36-34(51-36)21-35(52)31-13-2-1-10-28(31)26-16-18-27(19-17-26)41(45,46)47/h1-6,10-19,22-23,34,36,51H,7-9,20-21,24H2,(H,50,53). The Bertz CT molecular complexity index is 2090. The van der Waals surface area contributed by atoms with Crippen LogP contribution >= 0.6 is 0 Å². The predicted molar refractivity (Wildman–Crippen MR) is 187 cm³/mol. The van der Waals surface area contributed by atoms with Gasteiger partial charge in [0.2, 0.25) is 5.91 Å². The van der Waals surface area contributed by atoms with E-state index in [0.29, 0.717) is 59.3 Å². The lowest BCUT2D eigenvalue weighted by Gasteiger charge is -2.31. The second-order valence-corrected chi connectivity index (χ2v) is 13.4. The van der Waals surface area contributed by atoms with Gasteiger partial charge in [0, 0.05) is 30.4 Å². The molecule has 0 saturated carbocycles. The molecular weight excluding hydrogens is 694 g/mol. The van der Waals surface area contributed by atoms with E-state index in [0.717, 1.165) is 28.8 Å². The van der Waals surface area contributed by atoms with E-state index in [1.54, 1.807) is 48.8 Å². The van der Waals surface area contributed by atoms with Crippen LogP contribution in [0.5, 0.6) is 0 Å². The number of amides is 1. The van der Waals surface area contributed by atoms with Crippen molar-refractivity contribution in [3.05, 3.63) is 143 Å². The molecule has 2 N–H and O–H groups in total. The van der Waals surface area contributed by atoms with Crippen LogP contribution in [-0.2, 0) is 22.8 Å². The number of hydrogen-bond acceptors (Lipinski definition) is 5. The highest BCUT2D eigenvalue weighted by molar-refractivity contribution is 6.03. The van der Waals surface area contributed by atoms with Gasteiger partial charge in [-0.15, -0.1) is 0 Å². The number of carbonyl (C=O) groups is 2. The summed E-state index contributed by atoms with van der Waals surface area (Å²) in [7, 11) is 0. The maximum atomic E-state index is 13.7. The molecule has 2 aliphatic rings. The molecule has 4 aromatic carbocycles. The molecular formula is C41H34F6N4O2. The van der Waals surface area contributed by atoms with Gasteiger partial charge in [0.25, 0.3) is 0 Å². The highest BCUT2D eigenvalue weighted by Crippen LogP contribution is 2.51. The molecule has 272 valence electrons. The molecule has 1 aromatic heterocycles. The second-order valence-electron chi connectivity index (χ2n) is 13.4. The average Bonchev–Trinajstić information content (AvgIpc) is 3.86. The number of halogens is 6. The number of aromatic nitrogens is 2. The van der Waals surface area contributed by atoms with Crippen LogP contribution in [0.2, 0.25) is 0 Å². The first kappa shape index (κ1) is 36.0. The van der Waals surface area contributed by atoms with Crippen molar-refractivity contribution in [2.45, 2.75) is 62.0 Å². The topological polar surface area (TPSA) is 93.9 Å². The van der Waals surface area contributed by atoms with Crippen LogP contribution < -0.4 is 10.6 Å². The summed E-state index contributed by atoms with van der Waals surface area (Å²) in [6.07, 6.45) is -3.33. The molecule has 5 aromatic rings. The van der Waals surface area contributed by atoms with Gasteiger partial charge in [0.15, 0.2) is 5.78 Å².